The Bertz CT molecular complexity index is 773. The third-order valence-corrected chi connectivity index (χ3v) is 4.21. The van der Waals surface area contributed by atoms with E-state index in [2.05, 4.69) is 5.32 Å². The van der Waals surface area contributed by atoms with Gasteiger partial charge in [-0.15, -0.1) is 0 Å². The Hall–Kier alpha value is -2.78. The number of anilines is 1. The van der Waals surface area contributed by atoms with Crippen LogP contribution in [0.2, 0.25) is 0 Å². The molecule has 1 amide bonds. The van der Waals surface area contributed by atoms with Crippen molar-refractivity contribution in [1.82, 2.24) is 4.90 Å². The van der Waals surface area contributed by atoms with Crippen molar-refractivity contribution in [1.29, 1.82) is 0 Å². The molecule has 0 radical (unpaired) electrons. The van der Waals surface area contributed by atoms with Crippen LogP contribution in [0, 0.1) is 0 Å². The number of ether oxygens (including phenoxy) is 3. The minimum absolute atomic E-state index is 0.0307. The van der Waals surface area contributed by atoms with E-state index in [4.69, 9.17) is 19.3 Å². The molecule has 0 spiro atoms. The van der Waals surface area contributed by atoms with Crippen LogP contribution >= 0.6 is 0 Å². The first kappa shape index (κ1) is 18.0. The monoisotopic (exact) mass is 364 g/mol. The van der Waals surface area contributed by atoms with Crippen molar-refractivity contribution in [2.45, 2.75) is 13.0 Å². The van der Waals surface area contributed by atoms with Gasteiger partial charge in [0.05, 0.1) is 31.9 Å². The normalized spacial score (nSPS) is 16.9. The van der Waals surface area contributed by atoms with E-state index in [1.165, 1.54) is 12.0 Å². The predicted octanol–water partition coefficient (Wildman–Crippen LogP) is 0.142. The van der Waals surface area contributed by atoms with Gasteiger partial charge in [0, 0.05) is 23.9 Å². The topological polar surface area (TPSA) is 118 Å². The number of rotatable bonds is 6. The quantitative estimate of drug-likeness (QED) is 0.610. The standard InChI is InChI=1S/C17H20N2O7/c1-9(21)10-5-13-14(26-8-25-13)6-12(10)18-15-11(17(23)24-2)7-19(3-4-20)16(15)22/h5-6,9,18,20-21H,3-4,7-8H2,1-2H3. The molecular formula is C17H20N2O7. The van der Waals surface area contributed by atoms with Gasteiger partial charge in [0.1, 0.15) is 5.70 Å². The third kappa shape index (κ3) is 3.18. The number of amides is 1. The molecule has 9 nitrogen and oxygen atoms in total. The molecule has 0 aliphatic carbocycles. The van der Waals surface area contributed by atoms with E-state index in [1.54, 1.807) is 19.1 Å². The molecule has 1 atom stereocenters. The van der Waals surface area contributed by atoms with Crippen LogP contribution in [0.4, 0.5) is 5.69 Å². The summed E-state index contributed by atoms with van der Waals surface area (Å²) < 4.78 is 15.4. The molecule has 1 aromatic rings. The summed E-state index contributed by atoms with van der Waals surface area (Å²) >= 11 is 0. The van der Waals surface area contributed by atoms with E-state index in [1.807, 2.05) is 0 Å². The second kappa shape index (κ2) is 7.22. The average Bonchev–Trinajstić information content (AvgIpc) is 3.19. The average molecular weight is 364 g/mol. The van der Waals surface area contributed by atoms with Crippen molar-refractivity contribution in [2.75, 3.05) is 38.9 Å². The van der Waals surface area contributed by atoms with E-state index >= 15 is 0 Å². The Morgan fingerprint density at radius 3 is 2.69 bits per heavy atom. The minimum atomic E-state index is -0.848. The van der Waals surface area contributed by atoms with Crippen LogP contribution in [0.1, 0.15) is 18.6 Å². The predicted molar refractivity (Wildman–Crippen MR) is 89.5 cm³/mol. The van der Waals surface area contributed by atoms with Crippen LogP contribution in [0.5, 0.6) is 11.5 Å². The number of esters is 1. The number of aliphatic hydroxyl groups is 2. The number of carbonyl (C=O) groups is 2. The summed E-state index contributed by atoms with van der Waals surface area (Å²) in [7, 11) is 1.23. The van der Waals surface area contributed by atoms with E-state index in [0.29, 0.717) is 22.7 Å². The number of nitrogens with zero attached hydrogens (tertiary/aromatic N) is 1. The van der Waals surface area contributed by atoms with Crippen molar-refractivity contribution in [3.05, 3.63) is 29.0 Å². The molecule has 2 aliphatic heterocycles. The SMILES string of the molecule is COC(=O)C1=C(Nc2cc3c(cc2C(C)O)OCO3)C(=O)N(CCO)C1. The van der Waals surface area contributed by atoms with Gasteiger partial charge < -0.3 is 34.6 Å². The van der Waals surface area contributed by atoms with Crippen molar-refractivity contribution in [2.24, 2.45) is 0 Å². The smallest absolute Gasteiger partial charge is 0.337 e. The number of nitrogens with one attached hydrogen (secondary N) is 1. The first-order valence-electron chi connectivity index (χ1n) is 8.06. The highest BCUT2D eigenvalue weighted by Gasteiger charge is 2.35. The van der Waals surface area contributed by atoms with Crippen LogP contribution in [-0.4, -0.2) is 60.6 Å². The van der Waals surface area contributed by atoms with Crippen LogP contribution in [0.25, 0.3) is 0 Å². The van der Waals surface area contributed by atoms with E-state index in [9.17, 15) is 14.7 Å². The van der Waals surface area contributed by atoms with Crippen LogP contribution in [0.15, 0.2) is 23.4 Å². The molecule has 3 N–H and O–H groups in total. The number of hydrogen-bond acceptors (Lipinski definition) is 8. The lowest BCUT2D eigenvalue weighted by atomic mass is 10.1. The van der Waals surface area contributed by atoms with Crippen LogP contribution in [-0.2, 0) is 14.3 Å². The fraction of sp³-hybridized carbons (Fsp3) is 0.412. The fourth-order valence-corrected chi connectivity index (χ4v) is 2.90. The molecule has 2 heterocycles. The zero-order valence-electron chi connectivity index (χ0n) is 14.4. The van der Waals surface area contributed by atoms with Crippen LogP contribution in [0.3, 0.4) is 0 Å². The maximum absolute atomic E-state index is 12.6. The molecule has 9 heteroatoms. The van der Waals surface area contributed by atoms with Gasteiger partial charge in [0.2, 0.25) is 6.79 Å². The lowest BCUT2D eigenvalue weighted by molar-refractivity contribution is -0.136. The Balaban J connectivity index is 2.00. The Morgan fingerprint density at radius 1 is 1.38 bits per heavy atom. The largest absolute Gasteiger partial charge is 0.466 e. The highest BCUT2D eigenvalue weighted by atomic mass is 16.7. The molecule has 2 aliphatic rings. The third-order valence-electron chi connectivity index (χ3n) is 4.21. The molecule has 1 aromatic carbocycles. The lowest BCUT2D eigenvalue weighted by Gasteiger charge is -2.17. The van der Waals surface area contributed by atoms with Gasteiger partial charge in [0.15, 0.2) is 11.5 Å². The molecule has 1 unspecified atom stereocenters. The second-order valence-corrected chi connectivity index (χ2v) is 5.89. The first-order chi connectivity index (χ1) is 12.5. The zero-order valence-corrected chi connectivity index (χ0v) is 14.4. The number of methoxy groups -OCH3 is 1. The number of aliphatic hydroxyl groups excluding tert-OH is 2. The Labute approximate surface area is 149 Å². The summed E-state index contributed by atoms with van der Waals surface area (Å²) in [4.78, 5) is 26.0. The van der Waals surface area contributed by atoms with Crippen molar-refractivity contribution in [3.8, 4) is 11.5 Å². The van der Waals surface area contributed by atoms with E-state index in [0.717, 1.165) is 0 Å². The molecule has 0 aromatic heterocycles. The molecule has 0 bridgehead atoms. The van der Waals surface area contributed by atoms with Gasteiger partial charge in [-0.3, -0.25) is 4.79 Å². The summed E-state index contributed by atoms with van der Waals surface area (Å²) in [5.74, 6) is -0.114. The molecule has 3 rings (SSSR count). The summed E-state index contributed by atoms with van der Waals surface area (Å²) in [6, 6.07) is 3.23. The molecule has 0 saturated carbocycles. The fourth-order valence-electron chi connectivity index (χ4n) is 2.90. The van der Waals surface area contributed by atoms with Crippen molar-refractivity contribution >= 4 is 17.6 Å². The first-order valence-corrected chi connectivity index (χ1v) is 8.06. The van der Waals surface area contributed by atoms with E-state index in [-0.39, 0.29) is 37.8 Å². The van der Waals surface area contributed by atoms with Gasteiger partial charge in [0.25, 0.3) is 5.91 Å². The molecule has 0 fully saturated rings. The summed E-state index contributed by atoms with van der Waals surface area (Å²) in [5.41, 5.74) is 1.10. The van der Waals surface area contributed by atoms with Crippen molar-refractivity contribution < 1.29 is 34.0 Å². The summed E-state index contributed by atoms with van der Waals surface area (Å²) in [6.07, 6.45) is -0.848. The molecule has 26 heavy (non-hydrogen) atoms. The maximum atomic E-state index is 12.6. The highest BCUT2D eigenvalue weighted by molar-refractivity contribution is 6.08. The van der Waals surface area contributed by atoms with Gasteiger partial charge in [-0.25, -0.2) is 4.79 Å². The number of carbonyl (C=O) groups excluding carboxylic acids is 2. The van der Waals surface area contributed by atoms with E-state index < -0.39 is 18.0 Å². The summed E-state index contributed by atoms with van der Waals surface area (Å²) in [5, 5.41) is 22.1. The number of hydrogen-bond donors (Lipinski definition) is 3. The second-order valence-electron chi connectivity index (χ2n) is 5.89. The Kier molecular flexibility index (Phi) is 5.01. The number of fused-ring (bicyclic) bond motifs is 1. The molecule has 140 valence electrons. The number of β-amino-alcohol motifs (C(OH)–C–C–N with tert-alkyl or cyclic N) is 1. The van der Waals surface area contributed by atoms with Gasteiger partial charge in [-0.05, 0) is 13.0 Å². The summed E-state index contributed by atoms with van der Waals surface area (Å²) in [6.45, 7) is 1.54. The van der Waals surface area contributed by atoms with Crippen LogP contribution < -0.4 is 14.8 Å². The van der Waals surface area contributed by atoms with Gasteiger partial charge >= 0.3 is 5.97 Å². The Morgan fingerprint density at radius 2 is 2.08 bits per heavy atom. The zero-order chi connectivity index (χ0) is 18.8. The molecular weight excluding hydrogens is 344 g/mol. The maximum Gasteiger partial charge on any atom is 0.337 e. The highest BCUT2D eigenvalue weighted by Crippen LogP contribution is 2.40. The van der Waals surface area contributed by atoms with Gasteiger partial charge in [-0.1, -0.05) is 0 Å². The van der Waals surface area contributed by atoms with Crippen molar-refractivity contribution in [3.63, 3.8) is 0 Å². The lowest BCUT2D eigenvalue weighted by Crippen LogP contribution is -2.31. The van der Waals surface area contributed by atoms with Gasteiger partial charge in [-0.2, -0.15) is 0 Å². The minimum Gasteiger partial charge on any atom is -0.466 e. The number of benzene rings is 1. The molecule has 0 saturated heterocycles.